The van der Waals surface area contributed by atoms with Gasteiger partial charge in [-0.05, 0) is 24.0 Å². The molecule has 0 radical (unpaired) electrons. The van der Waals surface area contributed by atoms with Crippen LogP contribution in [0.15, 0.2) is 22.4 Å². The molecule has 0 saturated heterocycles. The maximum absolute atomic E-state index is 9.86. The minimum absolute atomic E-state index is 0.393. The van der Waals surface area contributed by atoms with E-state index in [0.29, 0.717) is 11.6 Å². The van der Waals surface area contributed by atoms with E-state index >= 15 is 0 Å². The van der Waals surface area contributed by atoms with Crippen molar-refractivity contribution < 1.29 is 5.11 Å². The normalized spacial score (nSPS) is 11.0. The molecule has 1 aromatic carbocycles. The van der Waals surface area contributed by atoms with Crippen LogP contribution in [-0.2, 0) is 5.88 Å². The topological polar surface area (TPSA) is 20.2 Å². The van der Waals surface area contributed by atoms with Gasteiger partial charge in [0, 0.05) is 16.0 Å². The van der Waals surface area contributed by atoms with Crippen molar-refractivity contribution in [3.05, 3.63) is 23.8 Å². The summed E-state index contributed by atoms with van der Waals surface area (Å²) >= 11 is 8.92. The van der Waals surface area contributed by atoms with Crippen LogP contribution in [0, 0.1) is 0 Å². The Labute approximate surface area is 95.7 Å². The van der Waals surface area contributed by atoms with E-state index < -0.39 is 0 Å². The molecular formula is C10H9ClOS2. The number of hydrogen-bond acceptors (Lipinski definition) is 3. The first kappa shape index (κ1) is 10.1. The van der Waals surface area contributed by atoms with Gasteiger partial charge in [-0.1, -0.05) is 6.07 Å². The molecule has 0 spiro atoms. The largest absolute Gasteiger partial charge is 0.505 e. The lowest BCUT2D eigenvalue weighted by molar-refractivity contribution is 0.473. The van der Waals surface area contributed by atoms with Crippen molar-refractivity contribution in [3.63, 3.8) is 0 Å². The van der Waals surface area contributed by atoms with Crippen molar-refractivity contribution in [2.24, 2.45) is 0 Å². The molecule has 74 valence electrons. The van der Waals surface area contributed by atoms with Crippen LogP contribution in [0.1, 0.15) is 5.56 Å². The average Bonchev–Trinajstić information content (AvgIpc) is 2.55. The molecule has 4 heteroatoms. The molecule has 0 aliphatic rings. The summed E-state index contributed by atoms with van der Waals surface area (Å²) < 4.78 is 2.08. The van der Waals surface area contributed by atoms with E-state index in [-0.39, 0.29) is 0 Å². The van der Waals surface area contributed by atoms with E-state index in [1.165, 1.54) is 0 Å². The first-order valence-electron chi connectivity index (χ1n) is 4.10. The fraction of sp³-hybridized carbons (Fsp3) is 0.200. The molecule has 0 aliphatic carbocycles. The fourth-order valence-electron chi connectivity index (χ4n) is 1.33. The molecule has 2 rings (SSSR count). The molecular weight excluding hydrogens is 236 g/mol. The van der Waals surface area contributed by atoms with Gasteiger partial charge >= 0.3 is 0 Å². The third-order valence-electron chi connectivity index (χ3n) is 2.03. The molecule has 0 saturated carbocycles. The summed E-state index contributed by atoms with van der Waals surface area (Å²) in [6, 6.07) is 5.96. The number of halogens is 1. The highest BCUT2D eigenvalue weighted by Gasteiger charge is 2.10. The SMILES string of the molecule is CSc1sc2ccc(CCl)cc2c1O. The number of aromatic hydroxyl groups is 1. The Morgan fingerprint density at radius 3 is 2.93 bits per heavy atom. The van der Waals surface area contributed by atoms with E-state index in [1.807, 2.05) is 24.5 Å². The number of hydrogen-bond donors (Lipinski definition) is 1. The smallest absolute Gasteiger partial charge is 0.147 e. The van der Waals surface area contributed by atoms with Crippen LogP contribution in [0.3, 0.4) is 0 Å². The molecule has 2 aromatic rings. The molecule has 1 N–H and O–H groups in total. The fourth-order valence-corrected chi connectivity index (χ4v) is 3.21. The lowest BCUT2D eigenvalue weighted by atomic mass is 10.2. The van der Waals surface area contributed by atoms with Gasteiger partial charge in [-0.3, -0.25) is 0 Å². The Morgan fingerprint density at radius 1 is 1.50 bits per heavy atom. The first-order valence-corrected chi connectivity index (χ1v) is 6.68. The zero-order chi connectivity index (χ0) is 10.1. The summed E-state index contributed by atoms with van der Waals surface area (Å²) in [5, 5.41) is 10.8. The van der Waals surface area contributed by atoms with Gasteiger partial charge in [-0.25, -0.2) is 0 Å². The summed E-state index contributed by atoms with van der Waals surface area (Å²) in [6.45, 7) is 0. The van der Waals surface area contributed by atoms with Gasteiger partial charge in [0.05, 0.1) is 0 Å². The number of alkyl halides is 1. The van der Waals surface area contributed by atoms with E-state index in [0.717, 1.165) is 19.9 Å². The summed E-state index contributed by atoms with van der Waals surface area (Å²) in [4.78, 5) is 0. The van der Waals surface area contributed by atoms with E-state index in [1.54, 1.807) is 23.1 Å². The highest BCUT2D eigenvalue weighted by atomic mass is 35.5. The molecule has 1 aromatic heterocycles. The summed E-state index contributed by atoms with van der Waals surface area (Å²) in [7, 11) is 0. The zero-order valence-corrected chi connectivity index (χ0v) is 9.97. The van der Waals surface area contributed by atoms with Crippen LogP contribution < -0.4 is 0 Å². The molecule has 0 fully saturated rings. The number of benzene rings is 1. The Balaban J connectivity index is 2.68. The van der Waals surface area contributed by atoms with Gasteiger partial charge in [0.2, 0.25) is 0 Å². The summed E-state index contributed by atoms with van der Waals surface area (Å²) in [5.74, 6) is 0.879. The molecule has 0 aliphatic heterocycles. The Hall–Kier alpha value is -0.380. The number of thioether (sulfide) groups is 1. The van der Waals surface area contributed by atoms with Crippen molar-refractivity contribution in [2.45, 2.75) is 10.1 Å². The number of fused-ring (bicyclic) bond motifs is 1. The van der Waals surface area contributed by atoms with Crippen LogP contribution in [-0.4, -0.2) is 11.4 Å². The second-order valence-corrected chi connectivity index (χ2v) is 5.30. The van der Waals surface area contributed by atoms with Crippen LogP contribution in [0.5, 0.6) is 5.75 Å². The minimum atomic E-state index is 0.393. The van der Waals surface area contributed by atoms with Crippen LogP contribution in [0.25, 0.3) is 10.1 Å². The van der Waals surface area contributed by atoms with E-state index in [2.05, 4.69) is 0 Å². The quantitative estimate of drug-likeness (QED) is 0.635. The predicted molar refractivity (Wildman–Crippen MR) is 64.8 cm³/mol. The Kier molecular flexibility index (Phi) is 2.91. The lowest BCUT2D eigenvalue weighted by Gasteiger charge is -1.95. The predicted octanol–water partition coefficient (Wildman–Crippen LogP) is 4.07. The second-order valence-electron chi connectivity index (χ2n) is 2.91. The van der Waals surface area contributed by atoms with Crippen LogP contribution in [0.4, 0.5) is 0 Å². The first-order chi connectivity index (χ1) is 6.76. The van der Waals surface area contributed by atoms with Crippen molar-refractivity contribution in [1.29, 1.82) is 0 Å². The van der Waals surface area contributed by atoms with Gasteiger partial charge in [0.15, 0.2) is 0 Å². The Morgan fingerprint density at radius 2 is 2.29 bits per heavy atom. The third kappa shape index (κ3) is 1.60. The van der Waals surface area contributed by atoms with E-state index in [9.17, 15) is 5.11 Å². The number of rotatable bonds is 2. The molecule has 0 amide bonds. The average molecular weight is 245 g/mol. The summed E-state index contributed by atoms with van der Waals surface area (Å²) in [6.07, 6.45) is 1.97. The molecule has 1 heterocycles. The van der Waals surface area contributed by atoms with Gasteiger partial charge in [0.25, 0.3) is 0 Å². The molecule has 0 unspecified atom stereocenters. The lowest BCUT2D eigenvalue weighted by Crippen LogP contribution is -1.74. The van der Waals surface area contributed by atoms with Crippen molar-refractivity contribution in [2.75, 3.05) is 6.26 Å². The molecule has 0 atom stereocenters. The zero-order valence-electron chi connectivity index (χ0n) is 7.58. The maximum atomic E-state index is 9.86. The van der Waals surface area contributed by atoms with Gasteiger partial charge in [0.1, 0.15) is 9.96 Å². The molecule has 14 heavy (non-hydrogen) atoms. The van der Waals surface area contributed by atoms with Gasteiger partial charge in [-0.15, -0.1) is 34.7 Å². The highest BCUT2D eigenvalue weighted by molar-refractivity contribution is 8.00. The van der Waals surface area contributed by atoms with Crippen LogP contribution in [0.2, 0.25) is 0 Å². The second kappa shape index (κ2) is 4.01. The van der Waals surface area contributed by atoms with Crippen LogP contribution >= 0.6 is 34.7 Å². The van der Waals surface area contributed by atoms with E-state index in [4.69, 9.17) is 11.6 Å². The molecule has 0 bridgehead atoms. The van der Waals surface area contributed by atoms with Crippen molar-refractivity contribution in [1.82, 2.24) is 0 Å². The maximum Gasteiger partial charge on any atom is 0.147 e. The highest BCUT2D eigenvalue weighted by Crippen LogP contribution is 2.42. The van der Waals surface area contributed by atoms with Gasteiger partial charge in [-0.2, -0.15) is 0 Å². The monoisotopic (exact) mass is 244 g/mol. The van der Waals surface area contributed by atoms with Crippen molar-refractivity contribution >= 4 is 44.8 Å². The molecule has 1 nitrogen and oxygen atoms in total. The van der Waals surface area contributed by atoms with Gasteiger partial charge < -0.3 is 5.11 Å². The minimum Gasteiger partial charge on any atom is -0.505 e. The van der Waals surface area contributed by atoms with Crippen molar-refractivity contribution in [3.8, 4) is 5.75 Å². The summed E-state index contributed by atoms with van der Waals surface area (Å²) in [5.41, 5.74) is 1.04. The standard InChI is InChI=1S/C10H9ClOS2/c1-13-10-9(12)7-4-6(5-11)2-3-8(7)14-10/h2-4,12H,5H2,1H3. The number of thiophene rings is 1. The Bertz CT molecular complexity index is 464. The third-order valence-corrected chi connectivity index (χ3v) is 4.61.